The fourth-order valence-electron chi connectivity index (χ4n) is 1.17. The van der Waals surface area contributed by atoms with Gasteiger partial charge in [0.15, 0.2) is 0 Å². The molecule has 0 saturated carbocycles. The van der Waals surface area contributed by atoms with Gasteiger partial charge in [-0.1, -0.05) is 11.6 Å². The maximum atomic E-state index is 11.4. The van der Waals surface area contributed by atoms with Crippen molar-refractivity contribution >= 4 is 34.9 Å². The average Bonchev–Trinajstić information content (AvgIpc) is 2.30. The van der Waals surface area contributed by atoms with Crippen molar-refractivity contribution in [3.8, 4) is 0 Å². The number of anilines is 1. The summed E-state index contributed by atoms with van der Waals surface area (Å²) in [6.07, 6.45) is 0.878. The molecular formula is C11H9ClN2O5. The first-order valence-corrected chi connectivity index (χ1v) is 5.35. The fraction of sp³-hybridized carbons (Fsp3) is 0.0909. The maximum Gasteiger partial charge on any atom is 0.331 e. The molecule has 8 heteroatoms. The number of benzene rings is 1. The number of nitro benzene ring substituents is 1. The second-order valence-electron chi connectivity index (χ2n) is 3.55. The number of carboxylic acids is 1. The summed E-state index contributed by atoms with van der Waals surface area (Å²) in [5.41, 5.74) is -0.352. The lowest BCUT2D eigenvalue weighted by Gasteiger charge is -2.03. The Morgan fingerprint density at radius 2 is 2.11 bits per heavy atom. The van der Waals surface area contributed by atoms with Gasteiger partial charge in [-0.25, -0.2) is 4.79 Å². The van der Waals surface area contributed by atoms with Gasteiger partial charge in [-0.15, -0.1) is 0 Å². The first kappa shape index (κ1) is 14.7. The molecule has 0 fully saturated rings. The molecule has 0 saturated heterocycles. The maximum absolute atomic E-state index is 11.4. The van der Waals surface area contributed by atoms with Crippen LogP contribution >= 0.6 is 11.6 Å². The van der Waals surface area contributed by atoms with Crippen LogP contribution in [0.5, 0.6) is 0 Å². The highest BCUT2D eigenvalue weighted by molar-refractivity contribution is 6.32. The Morgan fingerprint density at radius 1 is 1.47 bits per heavy atom. The third-order valence-electron chi connectivity index (χ3n) is 2.10. The summed E-state index contributed by atoms with van der Waals surface area (Å²) in [5.74, 6) is -1.92. The Kier molecular flexibility index (Phi) is 4.60. The Bertz CT molecular complexity index is 582. The molecule has 0 aliphatic rings. The van der Waals surface area contributed by atoms with Gasteiger partial charge >= 0.3 is 5.97 Å². The van der Waals surface area contributed by atoms with E-state index in [-0.39, 0.29) is 22.0 Å². The predicted molar refractivity (Wildman–Crippen MR) is 68.1 cm³/mol. The Labute approximate surface area is 112 Å². The summed E-state index contributed by atoms with van der Waals surface area (Å²) < 4.78 is 0. The largest absolute Gasteiger partial charge is 0.478 e. The lowest BCUT2D eigenvalue weighted by Crippen LogP contribution is -2.11. The number of hydrogen-bond donors (Lipinski definition) is 2. The van der Waals surface area contributed by atoms with Gasteiger partial charge in [0.25, 0.3) is 5.69 Å². The van der Waals surface area contributed by atoms with Crippen molar-refractivity contribution in [2.45, 2.75) is 6.92 Å². The summed E-state index contributed by atoms with van der Waals surface area (Å²) in [4.78, 5) is 31.9. The minimum Gasteiger partial charge on any atom is -0.478 e. The van der Waals surface area contributed by atoms with Gasteiger partial charge in [0.1, 0.15) is 5.02 Å². The average molecular weight is 285 g/mol. The summed E-state index contributed by atoms with van der Waals surface area (Å²) in [7, 11) is 0. The van der Waals surface area contributed by atoms with Crippen molar-refractivity contribution in [2.75, 3.05) is 5.32 Å². The highest BCUT2D eigenvalue weighted by Gasteiger charge is 2.13. The highest BCUT2D eigenvalue weighted by Crippen LogP contribution is 2.27. The standard InChI is InChI=1S/C11H9ClN2O5/c1-6(11(16)17)4-10(15)13-7-2-3-8(12)9(5-7)14(18)19/h2-5H,1H3,(H,13,15)(H,16,17)/b6-4+. The van der Waals surface area contributed by atoms with Gasteiger partial charge in [0, 0.05) is 23.4 Å². The van der Waals surface area contributed by atoms with E-state index in [2.05, 4.69) is 5.32 Å². The monoisotopic (exact) mass is 284 g/mol. The molecule has 7 nitrogen and oxygen atoms in total. The molecule has 0 spiro atoms. The van der Waals surface area contributed by atoms with Crippen molar-refractivity contribution in [1.29, 1.82) is 0 Å². The SMILES string of the molecule is C/C(=C\C(=O)Nc1ccc(Cl)c([N+](=O)[O-])c1)C(=O)O. The third-order valence-corrected chi connectivity index (χ3v) is 2.41. The molecule has 0 atom stereocenters. The number of rotatable bonds is 4. The minimum atomic E-state index is -1.22. The lowest BCUT2D eigenvalue weighted by molar-refractivity contribution is -0.384. The Balaban J connectivity index is 2.92. The summed E-state index contributed by atoms with van der Waals surface area (Å²) in [5, 5.41) is 21.5. The predicted octanol–water partition coefficient (Wildman–Crippen LogP) is 2.22. The first-order valence-electron chi connectivity index (χ1n) is 4.97. The number of nitro groups is 1. The fourth-order valence-corrected chi connectivity index (χ4v) is 1.35. The van der Waals surface area contributed by atoms with Crippen LogP contribution in [0.1, 0.15) is 6.92 Å². The van der Waals surface area contributed by atoms with E-state index in [1.165, 1.54) is 19.1 Å². The van der Waals surface area contributed by atoms with E-state index >= 15 is 0 Å². The number of nitrogens with zero attached hydrogens (tertiary/aromatic N) is 1. The van der Waals surface area contributed by atoms with Crippen LogP contribution in [0.3, 0.4) is 0 Å². The normalized spacial score (nSPS) is 10.9. The van der Waals surface area contributed by atoms with Gasteiger partial charge in [0.2, 0.25) is 5.91 Å². The van der Waals surface area contributed by atoms with Crippen LogP contribution in [-0.4, -0.2) is 21.9 Å². The molecule has 0 aliphatic carbocycles. The number of hydrogen-bond acceptors (Lipinski definition) is 4. The number of carbonyl (C=O) groups is 2. The zero-order valence-electron chi connectivity index (χ0n) is 9.71. The molecular weight excluding hydrogens is 276 g/mol. The molecule has 0 bridgehead atoms. The minimum absolute atomic E-state index is 0.0553. The topological polar surface area (TPSA) is 110 Å². The second-order valence-corrected chi connectivity index (χ2v) is 3.95. The van der Waals surface area contributed by atoms with Gasteiger partial charge in [-0.2, -0.15) is 0 Å². The summed E-state index contributed by atoms with van der Waals surface area (Å²) in [6.45, 7) is 1.26. The van der Waals surface area contributed by atoms with Crippen molar-refractivity contribution in [2.24, 2.45) is 0 Å². The molecule has 1 aromatic rings. The number of carbonyl (C=O) groups excluding carboxylic acids is 1. The molecule has 0 heterocycles. The van der Waals surface area contributed by atoms with Crippen molar-refractivity contribution in [3.05, 3.63) is 45.0 Å². The zero-order chi connectivity index (χ0) is 14.6. The van der Waals surface area contributed by atoms with E-state index in [4.69, 9.17) is 16.7 Å². The molecule has 2 N–H and O–H groups in total. The van der Waals surface area contributed by atoms with E-state index in [1.807, 2.05) is 0 Å². The quantitative estimate of drug-likeness (QED) is 0.500. The smallest absolute Gasteiger partial charge is 0.331 e. The Morgan fingerprint density at radius 3 is 2.63 bits per heavy atom. The van der Waals surface area contributed by atoms with Gasteiger partial charge in [-0.05, 0) is 19.1 Å². The van der Waals surface area contributed by atoms with Crippen molar-refractivity contribution < 1.29 is 19.6 Å². The number of nitrogens with one attached hydrogen (secondary N) is 1. The summed E-state index contributed by atoms with van der Waals surface area (Å²) >= 11 is 5.61. The van der Waals surface area contributed by atoms with Crippen LogP contribution in [0, 0.1) is 10.1 Å². The van der Waals surface area contributed by atoms with Crippen LogP contribution < -0.4 is 5.32 Å². The molecule has 0 unspecified atom stereocenters. The number of carboxylic acid groups (broad SMARTS) is 1. The molecule has 100 valence electrons. The van der Waals surface area contributed by atoms with Crippen molar-refractivity contribution in [3.63, 3.8) is 0 Å². The summed E-state index contributed by atoms with van der Waals surface area (Å²) in [6, 6.07) is 3.73. The van der Waals surface area contributed by atoms with Gasteiger partial charge in [0.05, 0.1) is 4.92 Å². The Hall–Kier alpha value is -2.41. The third kappa shape index (κ3) is 4.07. The van der Waals surface area contributed by atoms with Gasteiger partial charge in [-0.3, -0.25) is 14.9 Å². The number of amides is 1. The van der Waals surface area contributed by atoms with Crippen LogP contribution in [0.4, 0.5) is 11.4 Å². The molecule has 0 aromatic heterocycles. The molecule has 1 aromatic carbocycles. The van der Waals surface area contributed by atoms with Crippen LogP contribution in [-0.2, 0) is 9.59 Å². The van der Waals surface area contributed by atoms with E-state index in [1.54, 1.807) is 0 Å². The molecule has 1 amide bonds. The molecule has 0 aliphatic heterocycles. The van der Waals surface area contributed by atoms with Gasteiger partial charge < -0.3 is 10.4 Å². The molecule has 19 heavy (non-hydrogen) atoms. The second kappa shape index (κ2) is 5.96. The van der Waals surface area contributed by atoms with E-state index in [9.17, 15) is 19.7 Å². The van der Waals surface area contributed by atoms with E-state index < -0.39 is 16.8 Å². The lowest BCUT2D eigenvalue weighted by atomic mass is 10.2. The van der Waals surface area contributed by atoms with Crippen LogP contribution in [0.2, 0.25) is 5.02 Å². The van der Waals surface area contributed by atoms with E-state index in [0.29, 0.717) is 0 Å². The number of halogens is 1. The first-order chi connectivity index (χ1) is 8.81. The van der Waals surface area contributed by atoms with E-state index in [0.717, 1.165) is 12.1 Å². The van der Waals surface area contributed by atoms with Crippen LogP contribution in [0.25, 0.3) is 0 Å². The molecule has 0 radical (unpaired) electrons. The number of aliphatic carboxylic acids is 1. The van der Waals surface area contributed by atoms with Crippen LogP contribution in [0.15, 0.2) is 29.8 Å². The molecule has 1 rings (SSSR count). The van der Waals surface area contributed by atoms with Crippen molar-refractivity contribution in [1.82, 2.24) is 0 Å². The highest BCUT2D eigenvalue weighted by atomic mass is 35.5. The zero-order valence-corrected chi connectivity index (χ0v) is 10.5.